The van der Waals surface area contributed by atoms with E-state index in [9.17, 15) is 27.6 Å². The smallest absolute Gasteiger partial charge is 0.408 e. The van der Waals surface area contributed by atoms with E-state index < -0.39 is 53.7 Å². The lowest BCUT2D eigenvalue weighted by Crippen LogP contribution is -2.60. The maximum atomic E-state index is 14.0. The van der Waals surface area contributed by atoms with Crippen molar-refractivity contribution in [3.8, 4) is 5.75 Å². The molecule has 39 heavy (non-hydrogen) atoms. The lowest BCUT2D eigenvalue weighted by molar-refractivity contribution is -0.173. The molecule has 3 heterocycles. The average molecular weight is 558 g/mol. The molecule has 2 atom stereocenters. The summed E-state index contributed by atoms with van der Waals surface area (Å²) >= 11 is 1.62. The number of pyridine rings is 1. The number of esters is 1. The fourth-order valence-corrected chi connectivity index (χ4v) is 6.00. The van der Waals surface area contributed by atoms with Gasteiger partial charge in [0, 0.05) is 29.3 Å². The second kappa shape index (κ2) is 10.4. The van der Waals surface area contributed by atoms with E-state index in [4.69, 9.17) is 4.74 Å². The van der Waals surface area contributed by atoms with Gasteiger partial charge in [-0.05, 0) is 36.1 Å². The zero-order chi connectivity index (χ0) is 27.9. The van der Waals surface area contributed by atoms with Gasteiger partial charge >= 0.3 is 12.1 Å². The summed E-state index contributed by atoms with van der Waals surface area (Å²) in [6, 6.07) is 13.7. The van der Waals surface area contributed by atoms with Gasteiger partial charge in [0.15, 0.2) is 5.69 Å². The number of rotatable bonds is 5. The van der Waals surface area contributed by atoms with Crippen molar-refractivity contribution in [2.24, 2.45) is 0 Å². The molecule has 5 rings (SSSR count). The van der Waals surface area contributed by atoms with Gasteiger partial charge in [-0.15, -0.1) is 11.8 Å². The van der Waals surface area contributed by atoms with Crippen molar-refractivity contribution in [2.45, 2.75) is 55.6 Å². The molecule has 0 N–H and O–H groups in total. The molecule has 2 aromatic carbocycles. The minimum atomic E-state index is -4.73. The lowest BCUT2D eigenvalue weighted by atomic mass is 9.94. The fraction of sp³-hybridized carbons (Fsp3) is 0.321. The van der Waals surface area contributed by atoms with Gasteiger partial charge in [0.2, 0.25) is 11.2 Å². The summed E-state index contributed by atoms with van der Waals surface area (Å²) in [6.45, 7) is 2.23. The molecule has 0 saturated carbocycles. The Bertz CT molecular complexity index is 1440. The standard InChI is InChI=1S/C28H26F3N3O4S/c1-3-8-23(36)38-26-21(35)13-14-33-25(26)27(37)32(17(2)28(29,30)31)16-34(33)24-19-10-5-4-9-18(19)15-39-22-12-7-6-11-20(22)24/h4-7,9-14,17,24H,3,8,15-16H2,1-2H3/t17-,24+/m1/s1. The molecule has 0 fully saturated rings. The highest BCUT2D eigenvalue weighted by molar-refractivity contribution is 7.98. The van der Waals surface area contributed by atoms with Gasteiger partial charge in [-0.3, -0.25) is 24.1 Å². The third-order valence-electron chi connectivity index (χ3n) is 6.93. The molecule has 0 unspecified atom stereocenters. The Morgan fingerprint density at radius 3 is 2.49 bits per heavy atom. The molecular formula is C28H26F3N3O4S. The molecule has 3 aromatic rings. The molecule has 1 amide bonds. The van der Waals surface area contributed by atoms with Gasteiger partial charge in [0.25, 0.3) is 5.91 Å². The van der Waals surface area contributed by atoms with Crippen LogP contribution in [-0.4, -0.2) is 40.3 Å². The van der Waals surface area contributed by atoms with E-state index in [-0.39, 0.29) is 6.42 Å². The van der Waals surface area contributed by atoms with Crippen molar-refractivity contribution in [3.05, 3.63) is 93.4 Å². The molecule has 204 valence electrons. The number of nitrogens with zero attached hydrogens (tertiary/aromatic N) is 3. The lowest BCUT2D eigenvalue weighted by Gasteiger charge is -2.46. The molecule has 0 aliphatic carbocycles. The van der Waals surface area contributed by atoms with Crippen LogP contribution >= 0.6 is 11.8 Å². The Hall–Kier alpha value is -3.73. The molecule has 2 aliphatic rings. The molecule has 1 aromatic heterocycles. The van der Waals surface area contributed by atoms with E-state index in [1.165, 1.54) is 10.9 Å². The summed E-state index contributed by atoms with van der Waals surface area (Å²) in [4.78, 5) is 40.5. The van der Waals surface area contributed by atoms with Crippen molar-refractivity contribution in [2.75, 3.05) is 11.7 Å². The van der Waals surface area contributed by atoms with Gasteiger partial charge in [0.05, 0.1) is 6.04 Å². The summed E-state index contributed by atoms with van der Waals surface area (Å²) in [7, 11) is 0. The number of hydrogen-bond acceptors (Lipinski definition) is 6. The van der Waals surface area contributed by atoms with Gasteiger partial charge in [-0.1, -0.05) is 49.4 Å². The van der Waals surface area contributed by atoms with Crippen molar-refractivity contribution in [3.63, 3.8) is 0 Å². The zero-order valence-electron chi connectivity index (χ0n) is 21.3. The number of amides is 1. The van der Waals surface area contributed by atoms with Crippen LogP contribution in [0, 0.1) is 0 Å². The Morgan fingerprint density at radius 1 is 1.08 bits per heavy atom. The first-order chi connectivity index (χ1) is 18.6. The topological polar surface area (TPSA) is 71.8 Å². The van der Waals surface area contributed by atoms with Crippen LogP contribution in [0.4, 0.5) is 13.2 Å². The molecule has 11 heteroatoms. The number of carbonyl (C=O) groups is 2. The van der Waals surface area contributed by atoms with E-state index in [0.29, 0.717) is 17.1 Å². The second-order valence-electron chi connectivity index (χ2n) is 9.43. The second-order valence-corrected chi connectivity index (χ2v) is 10.4. The predicted molar refractivity (Wildman–Crippen MR) is 140 cm³/mol. The SMILES string of the molecule is CCCC(=O)Oc1c2n(ccc1=O)N([C@H]1c3ccccc3CSc3ccccc31)CN([C@H](C)C(F)(F)F)C2=O. The van der Waals surface area contributed by atoms with Crippen LogP contribution in [0.3, 0.4) is 0 Å². The summed E-state index contributed by atoms with van der Waals surface area (Å²) < 4.78 is 48.8. The zero-order valence-corrected chi connectivity index (χ0v) is 22.1. The number of fused-ring (bicyclic) bond motifs is 3. The maximum absolute atomic E-state index is 14.0. The van der Waals surface area contributed by atoms with Crippen LogP contribution < -0.4 is 15.2 Å². The molecule has 0 spiro atoms. The fourth-order valence-electron chi connectivity index (χ4n) is 4.91. The number of halogens is 3. The largest absolute Gasteiger partial charge is 0.420 e. The highest BCUT2D eigenvalue weighted by atomic mass is 32.2. The monoisotopic (exact) mass is 557 g/mol. The molecule has 2 aliphatic heterocycles. The number of aromatic nitrogens is 1. The molecule has 0 bridgehead atoms. The van der Waals surface area contributed by atoms with Gasteiger partial charge in [-0.25, -0.2) is 0 Å². The van der Waals surface area contributed by atoms with Crippen LogP contribution in [0.15, 0.2) is 70.5 Å². The summed E-state index contributed by atoms with van der Waals surface area (Å²) in [5.74, 6) is -1.71. The minimum absolute atomic E-state index is 0.0189. The first-order valence-corrected chi connectivity index (χ1v) is 13.5. The van der Waals surface area contributed by atoms with E-state index in [2.05, 4.69) is 0 Å². The van der Waals surface area contributed by atoms with Crippen molar-refractivity contribution < 1.29 is 27.5 Å². The van der Waals surface area contributed by atoms with E-state index in [1.54, 1.807) is 23.7 Å². The molecular weight excluding hydrogens is 531 g/mol. The predicted octanol–water partition coefficient (Wildman–Crippen LogP) is 5.25. The van der Waals surface area contributed by atoms with Crippen molar-refractivity contribution in [1.82, 2.24) is 9.58 Å². The molecule has 7 nitrogen and oxygen atoms in total. The Labute approximate surface area is 227 Å². The number of hydrogen-bond donors (Lipinski definition) is 0. The van der Waals surface area contributed by atoms with E-state index >= 15 is 0 Å². The number of benzene rings is 2. The molecule has 0 saturated heterocycles. The van der Waals surface area contributed by atoms with E-state index in [0.717, 1.165) is 34.6 Å². The first kappa shape index (κ1) is 26.9. The van der Waals surface area contributed by atoms with Crippen molar-refractivity contribution >= 4 is 23.6 Å². The van der Waals surface area contributed by atoms with Crippen LogP contribution in [0.1, 0.15) is 59.9 Å². The summed E-state index contributed by atoms with van der Waals surface area (Å²) in [6.07, 6.45) is -2.97. The van der Waals surface area contributed by atoms with Crippen LogP contribution in [0.25, 0.3) is 0 Å². The normalized spacial score (nSPS) is 17.6. The summed E-state index contributed by atoms with van der Waals surface area (Å²) in [5.41, 5.74) is 1.51. The van der Waals surface area contributed by atoms with Crippen LogP contribution in [0.2, 0.25) is 0 Å². The highest BCUT2D eigenvalue weighted by Gasteiger charge is 2.48. The van der Waals surface area contributed by atoms with Gasteiger partial charge < -0.3 is 9.64 Å². The van der Waals surface area contributed by atoms with Crippen LogP contribution in [-0.2, 0) is 10.5 Å². The third kappa shape index (κ3) is 4.91. The highest BCUT2D eigenvalue weighted by Crippen LogP contribution is 2.43. The summed E-state index contributed by atoms with van der Waals surface area (Å²) in [5, 5.41) is 1.62. The quantitative estimate of drug-likeness (QED) is 0.399. The number of thioether (sulfide) groups is 1. The number of carbonyl (C=O) groups excluding carboxylic acids is 2. The number of ether oxygens (including phenoxy) is 1. The Kier molecular flexibility index (Phi) is 7.19. The van der Waals surface area contributed by atoms with Gasteiger partial charge in [-0.2, -0.15) is 13.2 Å². The minimum Gasteiger partial charge on any atom is -0.420 e. The van der Waals surface area contributed by atoms with E-state index in [1.807, 2.05) is 48.5 Å². The first-order valence-electron chi connectivity index (χ1n) is 12.5. The van der Waals surface area contributed by atoms with Gasteiger partial charge in [0.1, 0.15) is 12.7 Å². The van der Waals surface area contributed by atoms with Crippen LogP contribution in [0.5, 0.6) is 5.75 Å². The third-order valence-corrected chi connectivity index (χ3v) is 8.07. The Morgan fingerprint density at radius 2 is 1.77 bits per heavy atom. The Balaban J connectivity index is 1.77. The van der Waals surface area contributed by atoms with Crippen molar-refractivity contribution in [1.29, 1.82) is 0 Å². The molecule has 0 radical (unpaired) electrons. The maximum Gasteiger partial charge on any atom is 0.408 e. The number of alkyl halides is 3. The average Bonchev–Trinajstić information content (AvgIpc) is 3.07.